The summed E-state index contributed by atoms with van der Waals surface area (Å²) >= 11 is 3.78. The number of halogens is 1. The van der Waals surface area contributed by atoms with E-state index in [9.17, 15) is 4.79 Å². The first kappa shape index (κ1) is 12.5. The third-order valence-electron chi connectivity index (χ3n) is 2.18. The van der Waals surface area contributed by atoms with Crippen molar-refractivity contribution < 1.29 is 4.79 Å². The summed E-state index contributed by atoms with van der Waals surface area (Å²) < 4.78 is 1.06. The number of benzene rings is 1. The Morgan fingerprint density at radius 1 is 1.53 bits per heavy atom. The SMILES string of the molecule is Cc1nc(CNC(=O)c2cccc(I)c2)cs1. The van der Waals surface area contributed by atoms with Gasteiger partial charge in [0.05, 0.1) is 17.2 Å². The molecule has 0 radical (unpaired) electrons. The van der Waals surface area contributed by atoms with Gasteiger partial charge in [-0.15, -0.1) is 11.3 Å². The number of aromatic nitrogens is 1. The quantitative estimate of drug-likeness (QED) is 0.858. The third-order valence-corrected chi connectivity index (χ3v) is 3.68. The number of amides is 1. The molecule has 5 heteroatoms. The molecule has 0 saturated carbocycles. The molecule has 1 aromatic carbocycles. The number of carbonyl (C=O) groups is 1. The summed E-state index contributed by atoms with van der Waals surface area (Å²) in [6, 6.07) is 7.51. The molecule has 0 spiro atoms. The van der Waals surface area contributed by atoms with Crippen molar-refractivity contribution in [3.63, 3.8) is 0 Å². The Labute approximate surface area is 117 Å². The number of thiazole rings is 1. The van der Waals surface area contributed by atoms with E-state index >= 15 is 0 Å². The minimum atomic E-state index is -0.0610. The van der Waals surface area contributed by atoms with Gasteiger partial charge in [-0.2, -0.15) is 0 Å². The number of rotatable bonds is 3. The van der Waals surface area contributed by atoms with Gasteiger partial charge in [0.2, 0.25) is 0 Å². The number of nitrogens with zero attached hydrogens (tertiary/aromatic N) is 1. The van der Waals surface area contributed by atoms with Gasteiger partial charge in [-0.1, -0.05) is 6.07 Å². The fourth-order valence-electron chi connectivity index (χ4n) is 1.39. The summed E-state index contributed by atoms with van der Waals surface area (Å²) in [5, 5.41) is 5.84. The van der Waals surface area contributed by atoms with Crippen LogP contribution in [0, 0.1) is 10.5 Å². The number of hydrogen-bond acceptors (Lipinski definition) is 3. The second-order valence-corrected chi connectivity index (χ2v) is 5.86. The molecule has 0 aliphatic rings. The molecule has 2 aromatic rings. The first-order valence-corrected chi connectivity index (χ1v) is 7.06. The van der Waals surface area contributed by atoms with E-state index in [-0.39, 0.29) is 5.91 Å². The van der Waals surface area contributed by atoms with Crippen LogP contribution >= 0.6 is 33.9 Å². The van der Waals surface area contributed by atoms with E-state index in [1.54, 1.807) is 11.3 Å². The lowest BCUT2D eigenvalue weighted by Gasteiger charge is -2.03. The maximum absolute atomic E-state index is 11.8. The van der Waals surface area contributed by atoms with Gasteiger partial charge in [0.15, 0.2) is 0 Å². The number of nitrogens with one attached hydrogen (secondary N) is 1. The van der Waals surface area contributed by atoms with Crippen molar-refractivity contribution in [1.82, 2.24) is 10.3 Å². The van der Waals surface area contributed by atoms with E-state index in [0.29, 0.717) is 12.1 Å². The second-order valence-electron chi connectivity index (χ2n) is 3.55. The average Bonchev–Trinajstić information content (AvgIpc) is 2.72. The van der Waals surface area contributed by atoms with Crippen LogP contribution in [-0.4, -0.2) is 10.9 Å². The molecule has 88 valence electrons. The minimum absolute atomic E-state index is 0.0610. The topological polar surface area (TPSA) is 42.0 Å². The Bertz CT molecular complexity index is 539. The zero-order chi connectivity index (χ0) is 12.3. The third kappa shape index (κ3) is 3.50. The largest absolute Gasteiger partial charge is 0.346 e. The molecule has 0 saturated heterocycles. The molecule has 0 bridgehead atoms. The lowest BCUT2D eigenvalue weighted by Crippen LogP contribution is -2.22. The molecular weight excluding hydrogens is 347 g/mol. The van der Waals surface area contributed by atoms with Gasteiger partial charge in [-0.05, 0) is 47.7 Å². The molecule has 17 heavy (non-hydrogen) atoms. The zero-order valence-electron chi connectivity index (χ0n) is 9.24. The minimum Gasteiger partial charge on any atom is -0.346 e. The molecule has 0 aliphatic carbocycles. The smallest absolute Gasteiger partial charge is 0.251 e. The average molecular weight is 358 g/mol. The summed E-state index contributed by atoms with van der Waals surface area (Å²) in [5.41, 5.74) is 1.59. The molecule has 1 N–H and O–H groups in total. The molecule has 0 fully saturated rings. The fraction of sp³-hybridized carbons (Fsp3) is 0.167. The highest BCUT2D eigenvalue weighted by molar-refractivity contribution is 14.1. The van der Waals surface area contributed by atoms with Crippen LogP contribution in [0.1, 0.15) is 21.1 Å². The summed E-state index contributed by atoms with van der Waals surface area (Å²) in [6.45, 7) is 2.43. The van der Waals surface area contributed by atoms with Crippen LogP contribution < -0.4 is 5.32 Å². The lowest BCUT2D eigenvalue weighted by atomic mass is 10.2. The van der Waals surface area contributed by atoms with E-state index < -0.39 is 0 Å². The van der Waals surface area contributed by atoms with Crippen LogP contribution in [0.4, 0.5) is 0 Å². The van der Waals surface area contributed by atoms with Crippen molar-refractivity contribution in [2.45, 2.75) is 13.5 Å². The Balaban J connectivity index is 1.98. The van der Waals surface area contributed by atoms with E-state index in [2.05, 4.69) is 32.9 Å². The monoisotopic (exact) mass is 358 g/mol. The molecule has 1 aromatic heterocycles. The maximum Gasteiger partial charge on any atom is 0.251 e. The van der Waals surface area contributed by atoms with Crippen LogP contribution in [0.15, 0.2) is 29.6 Å². The highest BCUT2D eigenvalue weighted by atomic mass is 127. The van der Waals surface area contributed by atoms with Crippen molar-refractivity contribution in [3.8, 4) is 0 Å². The van der Waals surface area contributed by atoms with Gasteiger partial charge in [-0.3, -0.25) is 4.79 Å². The van der Waals surface area contributed by atoms with E-state index in [1.807, 2.05) is 36.6 Å². The van der Waals surface area contributed by atoms with Crippen molar-refractivity contribution in [2.75, 3.05) is 0 Å². The predicted octanol–water partition coefficient (Wildman–Crippen LogP) is 2.99. The lowest BCUT2D eigenvalue weighted by molar-refractivity contribution is 0.0950. The van der Waals surface area contributed by atoms with E-state index in [0.717, 1.165) is 14.3 Å². The predicted molar refractivity (Wildman–Crippen MR) is 77.2 cm³/mol. The summed E-state index contributed by atoms with van der Waals surface area (Å²) in [5.74, 6) is -0.0610. The van der Waals surface area contributed by atoms with Gasteiger partial charge < -0.3 is 5.32 Å². The fourth-order valence-corrected chi connectivity index (χ4v) is 2.55. The number of carbonyl (C=O) groups excluding carboxylic acids is 1. The molecule has 2 rings (SSSR count). The number of hydrogen-bond donors (Lipinski definition) is 1. The normalized spacial score (nSPS) is 10.2. The van der Waals surface area contributed by atoms with Gasteiger partial charge >= 0.3 is 0 Å². The Morgan fingerprint density at radius 3 is 3.00 bits per heavy atom. The number of aryl methyl sites for hydroxylation is 1. The van der Waals surface area contributed by atoms with Crippen LogP contribution in [0.2, 0.25) is 0 Å². The molecule has 0 aliphatic heterocycles. The Hall–Kier alpha value is -0.950. The molecule has 1 amide bonds. The van der Waals surface area contributed by atoms with Gasteiger partial charge in [0.1, 0.15) is 0 Å². The van der Waals surface area contributed by atoms with Gasteiger partial charge in [0.25, 0.3) is 5.91 Å². The molecule has 1 heterocycles. The van der Waals surface area contributed by atoms with Gasteiger partial charge in [-0.25, -0.2) is 4.98 Å². The van der Waals surface area contributed by atoms with E-state index in [4.69, 9.17) is 0 Å². The summed E-state index contributed by atoms with van der Waals surface area (Å²) in [6.07, 6.45) is 0. The Morgan fingerprint density at radius 2 is 2.35 bits per heavy atom. The van der Waals surface area contributed by atoms with Crippen molar-refractivity contribution >= 4 is 39.8 Å². The van der Waals surface area contributed by atoms with Crippen LogP contribution in [0.3, 0.4) is 0 Å². The molecule has 0 unspecified atom stereocenters. The highest BCUT2D eigenvalue weighted by Crippen LogP contribution is 2.09. The standard InChI is InChI=1S/C12H11IN2OS/c1-8-15-11(7-17-8)6-14-12(16)9-3-2-4-10(13)5-9/h2-5,7H,6H2,1H3,(H,14,16). The van der Waals surface area contributed by atoms with Crippen LogP contribution in [0.5, 0.6) is 0 Å². The highest BCUT2D eigenvalue weighted by Gasteiger charge is 2.06. The van der Waals surface area contributed by atoms with Crippen LogP contribution in [-0.2, 0) is 6.54 Å². The second kappa shape index (κ2) is 5.59. The van der Waals surface area contributed by atoms with Gasteiger partial charge in [0, 0.05) is 14.5 Å². The first-order valence-electron chi connectivity index (χ1n) is 5.10. The van der Waals surface area contributed by atoms with Crippen molar-refractivity contribution in [3.05, 3.63) is 49.5 Å². The van der Waals surface area contributed by atoms with Crippen molar-refractivity contribution in [1.29, 1.82) is 0 Å². The van der Waals surface area contributed by atoms with Crippen LogP contribution in [0.25, 0.3) is 0 Å². The molecule has 0 atom stereocenters. The van der Waals surface area contributed by atoms with E-state index in [1.165, 1.54) is 0 Å². The summed E-state index contributed by atoms with van der Waals surface area (Å²) in [4.78, 5) is 16.1. The summed E-state index contributed by atoms with van der Waals surface area (Å²) in [7, 11) is 0. The molecular formula is C12H11IN2OS. The molecule has 3 nitrogen and oxygen atoms in total. The van der Waals surface area contributed by atoms with Crippen molar-refractivity contribution in [2.24, 2.45) is 0 Å². The first-order chi connectivity index (χ1) is 8.15. The maximum atomic E-state index is 11.8. The Kier molecular flexibility index (Phi) is 4.11. The zero-order valence-corrected chi connectivity index (χ0v) is 12.2.